The lowest BCUT2D eigenvalue weighted by Crippen LogP contribution is -2.21. The molecule has 0 amide bonds. The SMILES string of the molecule is CC(F)(F)Oc1ccc2c(c1)C(=O)c1nc3ccccc3c(=O)n1-2. The van der Waals surface area contributed by atoms with E-state index in [2.05, 4.69) is 9.72 Å². The van der Waals surface area contributed by atoms with Crippen LogP contribution in [0, 0.1) is 0 Å². The van der Waals surface area contributed by atoms with Gasteiger partial charge in [-0.2, -0.15) is 8.78 Å². The molecule has 1 aliphatic rings. The highest BCUT2D eigenvalue weighted by molar-refractivity contribution is 6.13. The highest BCUT2D eigenvalue weighted by atomic mass is 19.3. The average Bonchev–Trinajstić information content (AvgIpc) is 2.79. The molecule has 0 unspecified atom stereocenters. The largest absolute Gasteiger partial charge is 0.433 e. The van der Waals surface area contributed by atoms with Crippen LogP contribution in [0.15, 0.2) is 47.3 Å². The van der Waals surface area contributed by atoms with Crippen LogP contribution in [0.25, 0.3) is 16.6 Å². The Labute approximate surface area is 134 Å². The summed E-state index contributed by atoms with van der Waals surface area (Å²) < 4.78 is 31.7. The number of carbonyl (C=O) groups excluding carboxylic acids is 1. The number of ketones is 1. The molecule has 0 radical (unpaired) electrons. The number of hydrogen-bond acceptors (Lipinski definition) is 4. The van der Waals surface area contributed by atoms with Crippen LogP contribution < -0.4 is 10.3 Å². The van der Waals surface area contributed by atoms with E-state index in [-0.39, 0.29) is 22.7 Å². The van der Waals surface area contributed by atoms with Crippen LogP contribution in [0.1, 0.15) is 23.1 Å². The number of aromatic nitrogens is 2. The molecule has 0 bridgehead atoms. The Morgan fingerprint density at radius 2 is 1.88 bits per heavy atom. The lowest BCUT2D eigenvalue weighted by atomic mass is 10.1. The smallest absolute Gasteiger partial charge is 0.394 e. The van der Waals surface area contributed by atoms with Crippen LogP contribution in [-0.2, 0) is 0 Å². The molecular weight excluding hydrogens is 318 g/mol. The van der Waals surface area contributed by atoms with Crippen molar-refractivity contribution in [2.24, 2.45) is 0 Å². The molecule has 0 atom stereocenters. The summed E-state index contributed by atoms with van der Waals surface area (Å²) in [5, 5.41) is 0.377. The predicted molar refractivity (Wildman–Crippen MR) is 82.0 cm³/mol. The first kappa shape index (κ1) is 14.5. The van der Waals surface area contributed by atoms with Crippen LogP contribution in [0.5, 0.6) is 5.75 Å². The monoisotopic (exact) mass is 328 g/mol. The van der Waals surface area contributed by atoms with Gasteiger partial charge in [-0.15, -0.1) is 0 Å². The second-order valence-corrected chi connectivity index (χ2v) is 5.51. The Balaban J connectivity index is 1.95. The van der Waals surface area contributed by atoms with Crippen molar-refractivity contribution >= 4 is 16.7 Å². The lowest BCUT2D eigenvalue weighted by molar-refractivity contribution is -0.158. The minimum absolute atomic E-state index is 0.0332. The third kappa shape index (κ3) is 2.09. The molecule has 2 heterocycles. The van der Waals surface area contributed by atoms with E-state index in [1.807, 2.05) is 0 Å². The minimum Gasteiger partial charge on any atom is -0.433 e. The van der Waals surface area contributed by atoms with Crippen molar-refractivity contribution in [2.75, 3.05) is 0 Å². The zero-order chi connectivity index (χ0) is 17.1. The fourth-order valence-corrected chi connectivity index (χ4v) is 2.79. The summed E-state index contributed by atoms with van der Waals surface area (Å²) in [6.45, 7) is 0.607. The van der Waals surface area contributed by atoms with Crippen LogP contribution in [0.2, 0.25) is 0 Å². The van der Waals surface area contributed by atoms with Gasteiger partial charge in [-0.25, -0.2) is 4.98 Å². The van der Waals surface area contributed by atoms with Crippen molar-refractivity contribution in [2.45, 2.75) is 13.0 Å². The standard InChI is InChI=1S/C17H10F2N2O3/c1-17(18,19)24-9-6-7-13-11(8-9)14(22)15-20-12-5-3-2-4-10(12)16(23)21(13)15/h2-8H,1H3. The van der Waals surface area contributed by atoms with Crippen molar-refractivity contribution in [1.29, 1.82) is 0 Å². The van der Waals surface area contributed by atoms with Gasteiger partial charge in [0, 0.05) is 6.92 Å². The number of hydrogen-bond donors (Lipinski definition) is 0. The normalized spacial score (nSPS) is 13.0. The fourth-order valence-electron chi connectivity index (χ4n) is 2.79. The Kier molecular flexibility index (Phi) is 2.84. The Morgan fingerprint density at radius 1 is 1.12 bits per heavy atom. The molecule has 0 spiro atoms. The maximum absolute atomic E-state index is 13.0. The Bertz CT molecular complexity index is 1070. The fraction of sp³-hybridized carbons (Fsp3) is 0.118. The molecule has 4 rings (SSSR count). The quantitative estimate of drug-likeness (QED) is 0.568. The van der Waals surface area contributed by atoms with E-state index in [0.29, 0.717) is 23.5 Å². The molecule has 1 aliphatic heterocycles. The first-order chi connectivity index (χ1) is 11.3. The molecule has 7 heteroatoms. The van der Waals surface area contributed by atoms with Crippen LogP contribution >= 0.6 is 0 Å². The topological polar surface area (TPSA) is 61.2 Å². The number of nitrogens with zero attached hydrogens (tertiary/aromatic N) is 2. The second kappa shape index (κ2) is 4.70. The van der Waals surface area contributed by atoms with Gasteiger partial charge in [0.1, 0.15) is 5.75 Å². The van der Waals surface area contributed by atoms with Crippen molar-refractivity contribution < 1.29 is 18.3 Å². The summed E-state index contributed by atoms with van der Waals surface area (Å²) in [5.74, 6) is -0.688. The van der Waals surface area contributed by atoms with Gasteiger partial charge in [0.2, 0.25) is 5.78 Å². The molecule has 24 heavy (non-hydrogen) atoms. The highest BCUT2D eigenvalue weighted by Crippen LogP contribution is 2.31. The van der Waals surface area contributed by atoms with Crippen molar-refractivity contribution in [3.63, 3.8) is 0 Å². The van der Waals surface area contributed by atoms with Gasteiger partial charge >= 0.3 is 6.11 Å². The number of benzene rings is 2. The molecule has 0 saturated carbocycles. The summed E-state index contributed by atoms with van der Waals surface area (Å²) in [6, 6.07) is 10.6. The van der Waals surface area contributed by atoms with Crippen LogP contribution in [0.4, 0.5) is 8.78 Å². The number of rotatable bonds is 2. The highest BCUT2D eigenvalue weighted by Gasteiger charge is 2.32. The maximum Gasteiger partial charge on any atom is 0.394 e. The third-order valence-corrected chi connectivity index (χ3v) is 3.73. The molecule has 3 aromatic rings. The third-order valence-electron chi connectivity index (χ3n) is 3.73. The second-order valence-electron chi connectivity index (χ2n) is 5.51. The van der Waals surface area contributed by atoms with Crippen molar-refractivity contribution in [3.05, 3.63) is 64.2 Å². The number of fused-ring (bicyclic) bond motifs is 4. The number of halogens is 2. The van der Waals surface area contributed by atoms with E-state index < -0.39 is 11.9 Å². The Hall–Kier alpha value is -3.09. The lowest BCUT2D eigenvalue weighted by Gasteiger charge is -2.13. The molecule has 0 fully saturated rings. The zero-order valence-corrected chi connectivity index (χ0v) is 12.4. The first-order valence-electron chi connectivity index (χ1n) is 7.13. The van der Waals surface area contributed by atoms with E-state index >= 15 is 0 Å². The maximum atomic E-state index is 13.0. The van der Waals surface area contributed by atoms with Gasteiger partial charge in [-0.05, 0) is 30.3 Å². The molecule has 0 N–H and O–H groups in total. The number of alkyl halides is 2. The summed E-state index contributed by atoms with van der Waals surface area (Å²) in [6.07, 6.45) is -3.37. The summed E-state index contributed by atoms with van der Waals surface area (Å²) in [7, 11) is 0. The minimum atomic E-state index is -3.37. The number of carbonyl (C=O) groups is 1. The van der Waals surface area contributed by atoms with Crippen LogP contribution in [-0.4, -0.2) is 21.4 Å². The average molecular weight is 328 g/mol. The van der Waals surface area contributed by atoms with E-state index in [1.54, 1.807) is 24.3 Å². The molecule has 0 aliphatic carbocycles. The Morgan fingerprint density at radius 3 is 2.62 bits per heavy atom. The van der Waals surface area contributed by atoms with Gasteiger partial charge in [0.25, 0.3) is 5.56 Å². The van der Waals surface area contributed by atoms with Gasteiger partial charge in [-0.3, -0.25) is 14.2 Å². The van der Waals surface area contributed by atoms with Gasteiger partial charge in [-0.1, -0.05) is 12.1 Å². The van der Waals surface area contributed by atoms with E-state index in [9.17, 15) is 18.4 Å². The predicted octanol–water partition coefficient (Wildman–Crippen LogP) is 2.92. The van der Waals surface area contributed by atoms with Crippen LogP contribution in [0.3, 0.4) is 0 Å². The molecule has 2 aromatic carbocycles. The van der Waals surface area contributed by atoms with Crippen molar-refractivity contribution in [1.82, 2.24) is 9.55 Å². The molecule has 120 valence electrons. The summed E-state index contributed by atoms with van der Waals surface area (Å²) in [4.78, 5) is 29.4. The number of para-hydroxylation sites is 1. The molecular formula is C17H10F2N2O3. The zero-order valence-electron chi connectivity index (χ0n) is 12.4. The summed E-state index contributed by atoms with van der Waals surface area (Å²) in [5.41, 5.74) is 0.449. The number of ether oxygens (including phenoxy) is 1. The first-order valence-corrected chi connectivity index (χ1v) is 7.13. The summed E-state index contributed by atoms with van der Waals surface area (Å²) >= 11 is 0. The van der Waals surface area contributed by atoms with Gasteiger partial charge < -0.3 is 4.74 Å². The van der Waals surface area contributed by atoms with Gasteiger partial charge in [0.05, 0.1) is 22.2 Å². The van der Waals surface area contributed by atoms with Crippen molar-refractivity contribution in [3.8, 4) is 11.4 Å². The van der Waals surface area contributed by atoms with E-state index in [1.165, 1.54) is 22.8 Å². The van der Waals surface area contributed by atoms with Gasteiger partial charge in [0.15, 0.2) is 5.82 Å². The molecule has 1 aromatic heterocycles. The molecule has 5 nitrogen and oxygen atoms in total. The molecule has 0 saturated heterocycles. The van der Waals surface area contributed by atoms with E-state index in [4.69, 9.17) is 0 Å². The van der Waals surface area contributed by atoms with E-state index in [0.717, 1.165) is 0 Å².